The van der Waals surface area contributed by atoms with Gasteiger partial charge in [0.05, 0.1) is 6.54 Å². The van der Waals surface area contributed by atoms with Gasteiger partial charge in [-0.1, -0.05) is 24.2 Å². The maximum Gasteiger partial charge on any atom is 0.227 e. The molecule has 1 atom stereocenters. The third-order valence-corrected chi connectivity index (χ3v) is 4.16. The van der Waals surface area contributed by atoms with Crippen molar-refractivity contribution in [3.05, 3.63) is 41.5 Å². The molecule has 1 amide bonds. The summed E-state index contributed by atoms with van der Waals surface area (Å²) < 4.78 is 5.10. The second-order valence-electron chi connectivity index (χ2n) is 5.80. The molecule has 0 spiro atoms. The van der Waals surface area contributed by atoms with E-state index < -0.39 is 0 Å². The van der Waals surface area contributed by atoms with Gasteiger partial charge in [0.1, 0.15) is 0 Å². The van der Waals surface area contributed by atoms with Crippen molar-refractivity contribution in [2.24, 2.45) is 0 Å². The molecule has 1 aromatic carbocycles. The van der Waals surface area contributed by atoms with Gasteiger partial charge in [-0.05, 0) is 31.0 Å². The van der Waals surface area contributed by atoms with Crippen LogP contribution in [-0.2, 0) is 17.8 Å². The summed E-state index contributed by atoms with van der Waals surface area (Å²) in [6.07, 6.45) is 2.35. The number of carbonyl (C=O) groups excluding carboxylic acids is 1. The van der Waals surface area contributed by atoms with Crippen LogP contribution in [0.15, 0.2) is 28.8 Å². The van der Waals surface area contributed by atoms with Crippen molar-refractivity contribution >= 4 is 11.6 Å². The Bertz CT molecular complexity index is 665. The molecule has 6 nitrogen and oxygen atoms in total. The second-order valence-corrected chi connectivity index (χ2v) is 5.80. The van der Waals surface area contributed by atoms with Crippen LogP contribution in [0.3, 0.4) is 0 Å². The van der Waals surface area contributed by atoms with Crippen molar-refractivity contribution in [1.29, 1.82) is 0 Å². The fraction of sp³-hybridized carbons (Fsp3) is 0.471. The molecule has 0 radical (unpaired) electrons. The Labute approximate surface area is 135 Å². The summed E-state index contributed by atoms with van der Waals surface area (Å²) in [6.45, 7) is 5.47. The first-order valence-electron chi connectivity index (χ1n) is 8.12. The molecule has 0 unspecified atom stereocenters. The Morgan fingerprint density at radius 2 is 2.13 bits per heavy atom. The molecule has 1 saturated heterocycles. The minimum absolute atomic E-state index is 0.168. The van der Waals surface area contributed by atoms with Crippen LogP contribution in [0, 0.1) is 0 Å². The third-order valence-electron chi connectivity index (χ3n) is 4.16. The van der Waals surface area contributed by atoms with E-state index in [4.69, 9.17) is 4.52 Å². The molecule has 23 heavy (non-hydrogen) atoms. The molecule has 0 aliphatic carbocycles. The van der Waals surface area contributed by atoms with Crippen LogP contribution in [0.4, 0.5) is 5.69 Å². The van der Waals surface area contributed by atoms with E-state index in [-0.39, 0.29) is 11.9 Å². The van der Waals surface area contributed by atoms with Gasteiger partial charge in [0.15, 0.2) is 5.82 Å². The summed E-state index contributed by atoms with van der Waals surface area (Å²) in [4.78, 5) is 17.9. The zero-order valence-corrected chi connectivity index (χ0v) is 13.6. The van der Waals surface area contributed by atoms with Crippen molar-refractivity contribution in [2.75, 3.05) is 11.4 Å². The molecule has 1 fully saturated rings. The van der Waals surface area contributed by atoms with E-state index in [9.17, 15) is 4.79 Å². The minimum atomic E-state index is 0.168. The lowest BCUT2D eigenvalue weighted by Crippen LogP contribution is -2.24. The molecule has 122 valence electrons. The average molecular weight is 314 g/mol. The van der Waals surface area contributed by atoms with E-state index >= 15 is 0 Å². The molecule has 2 aromatic rings. The van der Waals surface area contributed by atoms with E-state index in [0.717, 1.165) is 25.1 Å². The predicted molar refractivity (Wildman–Crippen MR) is 87.0 cm³/mol. The highest BCUT2D eigenvalue weighted by Gasteiger charge is 2.21. The zero-order chi connectivity index (χ0) is 16.2. The molecule has 1 aliphatic heterocycles. The van der Waals surface area contributed by atoms with Gasteiger partial charge in [0.2, 0.25) is 11.8 Å². The van der Waals surface area contributed by atoms with E-state index in [2.05, 4.69) is 34.5 Å². The number of aryl methyl sites for hydroxylation is 1. The highest BCUT2D eigenvalue weighted by molar-refractivity contribution is 5.95. The van der Waals surface area contributed by atoms with Crippen molar-refractivity contribution in [3.8, 4) is 0 Å². The van der Waals surface area contributed by atoms with Gasteiger partial charge in [-0.2, -0.15) is 4.98 Å². The maximum atomic E-state index is 11.8. The van der Waals surface area contributed by atoms with Gasteiger partial charge in [-0.15, -0.1) is 0 Å². The maximum absolute atomic E-state index is 11.8. The smallest absolute Gasteiger partial charge is 0.227 e. The first-order chi connectivity index (χ1) is 11.2. The normalized spacial score (nSPS) is 16.1. The Kier molecular flexibility index (Phi) is 4.71. The van der Waals surface area contributed by atoms with Gasteiger partial charge >= 0.3 is 0 Å². The predicted octanol–water partition coefficient (Wildman–Crippen LogP) is 2.61. The molecule has 1 aliphatic rings. The van der Waals surface area contributed by atoms with E-state index in [1.165, 1.54) is 5.56 Å². The Balaban J connectivity index is 1.58. The number of carbonyl (C=O) groups is 1. The van der Waals surface area contributed by atoms with E-state index in [0.29, 0.717) is 24.7 Å². The van der Waals surface area contributed by atoms with Crippen molar-refractivity contribution in [3.63, 3.8) is 0 Å². The van der Waals surface area contributed by atoms with Crippen LogP contribution >= 0.6 is 0 Å². The lowest BCUT2D eigenvalue weighted by molar-refractivity contribution is -0.117. The highest BCUT2D eigenvalue weighted by atomic mass is 16.5. The van der Waals surface area contributed by atoms with Crippen LogP contribution in [0.1, 0.15) is 50.0 Å². The fourth-order valence-electron chi connectivity index (χ4n) is 2.73. The molecule has 6 heteroatoms. The summed E-state index contributed by atoms with van der Waals surface area (Å²) in [5.74, 6) is 1.55. The molecule has 1 N–H and O–H groups in total. The van der Waals surface area contributed by atoms with Gasteiger partial charge in [0, 0.05) is 31.1 Å². The van der Waals surface area contributed by atoms with Crippen molar-refractivity contribution in [2.45, 2.75) is 45.7 Å². The topological polar surface area (TPSA) is 71.3 Å². The van der Waals surface area contributed by atoms with E-state index in [1.807, 2.05) is 24.0 Å². The minimum Gasteiger partial charge on any atom is -0.339 e. The number of aromatic nitrogens is 2. The number of nitrogens with one attached hydrogen (secondary N) is 1. The standard InChI is InChI=1S/C17H22N4O2/c1-3-16-19-15(20-23-16)11-18-12(2)13-6-8-14(9-7-13)21-10-4-5-17(21)22/h6-9,12,18H,3-5,10-11H2,1-2H3/t12-/m0/s1. The first-order valence-corrected chi connectivity index (χ1v) is 8.12. The zero-order valence-electron chi connectivity index (χ0n) is 13.6. The molecule has 0 bridgehead atoms. The van der Waals surface area contributed by atoms with Crippen molar-refractivity contribution < 1.29 is 9.32 Å². The first kappa shape index (κ1) is 15.7. The number of rotatable bonds is 6. The summed E-state index contributed by atoms with van der Waals surface area (Å²) >= 11 is 0. The highest BCUT2D eigenvalue weighted by Crippen LogP contribution is 2.23. The number of nitrogens with zero attached hydrogens (tertiary/aromatic N) is 3. The quantitative estimate of drug-likeness (QED) is 0.887. The Morgan fingerprint density at radius 3 is 2.74 bits per heavy atom. The number of amides is 1. The van der Waals surface area contributed by atoms with E-state index in [1.54, 1.807) is 0 Å². The number of hydrogen-bond donors (Lipinski definition) is 1. The number of anilines is 1. The van der Waals surface area contributed by atoms with Gasteiger partial charge in [-0.3, -0.25) is 4.79 Å². The number of hydrogen-bond acceptors (Lipinski definition) is 5. The lowest BCUT2D eigenvalue weighted by atomic mass is 10.1. The van der Waals surface area contributed by atoms with Gasteiger partial charge < -0.3 is 14.7 Å². The van der Waals surface area contributed by atoms with Crippen LogP contribution in [-0.4, -0.2) is 22.6 Å². The van der Waals surface area contributed by atoms with Gasteiger partial charge in [0.25, 0.3) is 0 Å². The largest absolute Gasteiger partial charge is 0.339 e. The molecule has 1 aromatic heterocycles. The second kappa shape index (κ2) is 6.91. The van der Waals surface area contributed by atoms with Crippen LogP contribution < -0.4 is 10.2 Å². The average Bonchev–Trinajstić information content (AvgIpc) is 3.21. The van der Waals surface area contributed by atoms with Crippen LogP contribution in [0.25, 0.3) is 0 Å². The molecular formula is C17H22N4O2. The summed E-state index contributed by atoms with van der Waals surface area (Å²) in [5, 5.41) is 7.32. The monoisotopic (exact) mass is 314 g/mol. The lowest BCUT2D eigenvalue weighted by Gasteiger charge is -2.18. The Hall–Kier alpha value is -2.21. The summed E-state index contributed by atoms with van der Waals surface area (Å²) in [5.41, 5.74) is 2.15. The number of benzene rings is 1. The molecule has 2 heterocycles. The Morgan fingerprint density at radius 1 is 1.35 bits per heavy atom. The molecular weight excluding hydrogens is 292 g/mol. The SMILES string of the molecule is CCc1nc(CN[C@@H](C)c2ccc(N3CCCC3=O)cc2)no1. The molecule has 0 saturated carbocycles. The van der Waals surface area contributed by atoms with Crippen LogP contribution in [0.2, 0.25) is 0 Å². The van der Waals surface area contributed by atoms with Crippen LogP contribution in [0.5, 0.6) is 0 Å². The third kappa shape index (κ3) is 3.59. The summed E-state index contributed by atoms with van der Waals surface area (Å²) in [6, 6.07) is 8.32. The fourth-order valence-corrected chi connectivity index (χ4v) is 2.73. The molecule has 3 rings (SSSR count). The van der Waals surface area contributed by atoms with Gasteiger partial charge in [-0.25, -0.2) is 0 Å². The summed E-state index contributed by atoms with van der Waals surface area (Å²) in [7, 11) is 0. The van der Waals surface area contributed by atoms with Crippen molar-refractivity contribution in [1.82, 2.24) is 15.5 Å².